The number of hydrogen-bond acceptors (Lipinski definition) is 3. The minimum Gasteiger partial charge on any atom is -0.481 e. The summed E-state index contributed by atoms with van der Waals surface area (Å²) in [5.74, 6) is -1.15. The summed E-state index contributed by atoms with van der Waals surface area (Å²) in [4.78, 5) is 25.2. The highest BCUT2D eigenvalue weighted by Crippen LogP contribution is 2.31. The minimum atomic E-state index is -0.762. The Bertz CT molecular complexity index is 346. The number of hydrogen-bond donors (Lipinski definition) is 2. The second-order valence-electron chi connectivity index (χ2n) is 5.92. The van der Waals surface area contributed by atoms with Gasteiger partial charge >= 0.3 is 5.97 Å². The molecule has 1 amide bonds. The fraction of sp³-hybridized carbons (Fsp3) is 0.857. The predicted octanol–water partition coefficient (Wildman–Crippen LogP) is 1.09. The SMILES string of the molecule is CN1CCCCC1CNC(=O)C1CCC(C(=O)O)C1. The first kappa shape index (κ1) is 14.3. The highest BCUT2D eigenvalue weighted by molar-refractivity contribution is 5.80. The average molecular weight is 268 g/mol. The molecule has 0 spiro atoms. The number of likely N-dealkylation sites (tertiary alicyclic amines) is 1. The molecule has 5 nitrogen and oxygen atoms in total. The van der Waals surface area contributed by atoms with E-state index < -0.39 is 5.97 Å². The number of rotatable bonds is 4. The molecule has 1 aliphatic carbocycles. The molecule has 108 valence electrons. The van der Waals surface area contributed by atoms with Crippen LogP contribution in [0.4, 0.5) is 0 Å². The van der Waals surface area contributed by atoms with Crippen molar-refractivity contribution >= 4 is 11.9 Å². The predicted molar refractivity (Wildman–Crippen MR) is 71.7 cm³/mol. The zero-order valence-corrected chi connectivity index (χ0v) is 11.6. The third-order valence-electron chi connectivity index (χ3n) is 4.59. The van der Waals surface area contributed by atoms with Crippen molar-refractivity contribution in [2.24, 2.45) is 11.8 Å². The number of likely N-dealkylation sites (N-methyl/N-ethyl adjacent to an activating group) is 1. The summed E-state index contributed by atoms with van der Waals surface area (Å²) in [5, 5.41) is 12.0. The number of carbonyl (C=O) groups is 2. The van der Waals surface area contributed by atoms with Gasteiger partial charge < -0.3 is 15.3 Å². The van der Waals surface area contributed by atoms with Gasteiger partial charge in [0.2, 0.25) is 5.91 Å². The molecular formula is C14H24N2O3. The second kappa shape index (κ2) is 6.37. The van der Waals surface area contributed by atoms with Crippen molar-refractivity contribution in [1.29, 1.82) is 0 Å². The third kappa shape index (κ3) is 3.69. The van der Waals surface area contributed by atoms with Crippen molar-refractivity contribution in [3.8, 4) is 0 Å². The van der Waals surface area contributed by atoms with Crippen LogP contribution in [0.5, 0.6) is 0 Å². The topological polar surface area (TPSA) is 69.6 Å². The van der Waals surface area contributed by atoms with Gasteiger partial charge in [0.05, 0.1) is 5.92 Å². The van der Waals surface area contributed by atoms with E-state index in [0.29, 0.717) is 31.8 Å². The van der Waals surface area contributed by atoms with Crippen LogP contribution in [-0.4, -0.2) is 48.1 Å². The van der Waals surface area contributed by atoms with Gasteiger partial charge in [-0.3, -0.25) is 9.59 Å². The molecule has 2 aliphatic rings. The van der Waals surface area contributed by atoms with Gasteiger partial charge in [-0.25, -0.2) is 0 Å². The molecular weight excluding hydrogens is 244 g/mol. The summed E-state index contributed by atoms with van der Waals surface area (Å²) in [6.07, 6.45) is 5.46. The van der Waals surface area contributed by atoms with Crippen LogP contribution in [0.15, 0.2) is 0 Å². The van der Waals surface area contributed by atoms with E-state index in [1.807, 2.05) is 0 Å². The smallest absolute Gasteiger partial charge is 0.306 e. The third-order valence-corrected chi connectivity index (χ3v) is 4.59. The highest BCUT2D eigenvalue weighted by atomic mass is 16.4. The number of nitrogens with one attached hydrogen (secondary N) is 1. The van der Waals surface area contributed by atoms with Gasteiger partial charge in [0, 0.05) is 18.5 Å². The molecule has 1 heterocycles. The lowest BCUT2D eigenvalue weighted by Crippen LogP contribution is -2.45. The van der Waals surface area contributed by atoms with Gasteiger partial charge in [-0.1, -0.05) is 6.42 Å². The summed E-state index contributed by atoms with van der Waals surface area (Å²) < 4.78 is 0. The van der Waals surface area contributed by atoms with E-state index in [2.05, 4.69) is 17.3 Å². The number of amides is 1. The van der Waals surface area contributed by atoms with Crippen molar-refractivity contribution in [2.45, 2.75) is 44.6 Å². The Morgan fingerprint density at radius 1 is 1.21 bits per heavy atom. The summed E-state index contributed by atoms with van der Waals surface area (Å²) >= 11 is 0. The maximum atomic E-state index is 12.0. The molecule has 0 aromatic rings. The number of piperidine rings is 1. The number of aliphatic carboxylic acids is 1. The largest absolute Gasteiger partial charge is 0.481 e. The van der Waals surface area contributed by atoms with E-state index in [4.69, 9.17) is 5.11 Å². The Morgan fingerprint density at radius 3 is 2.58 bits per heavy atom. The lowest BCUT2D eigenvalue weighted by Gasteiger charge is -2.32. The van der Waals surface area contributed by atoms with Gasteiger partial charge in [-0.15, -0.1) is 0 Å². The first-order valence-corrected chi connectivity index (χ1v) is 7.28. The minimum absolute atomic E-state index is 0.0442. The number of carboxylic acid groups (broad SMARTS) is 1. The normalized spacial score (nSPS) is 32.2. The fourth-order valence-electron chi connectivity index (χ4n) is 3.21. The standard InChI is InChI=1S/C14H24N2O3/c1-16-7-3-2-4-12(16)9-15-13(17)10-5-6-11(8-10)14(18)19/h10-12H,2-9H2,1H3,(H,15,17)(H,18,19). The quantitative estimate of drug-likeness (QED) is 0.800. The Hall–Kier alpha value is -1.10. The zero-order chi connectivity index (χ0) is 13.8. The van der Waals surface area contributed by atoms with Gasteiger partial charge in [0.25, 0.3) is 0 Å². The maximum Gasteiger partial charge on any atom is 0.306 e. The molecule has 0 aromatic heterocycles. The summed E-state index contributed by atoms with van der Waals surface area (Å²) in [5.41, 5.74) is 0. The molecule has 0 radical (unpaired) electrons. The van der Waals surface area contributed by atoms with Crippen molar-refractivity contribution in [3.63, 3.8) is 0 Å². The van der Waals surface area contributed by atoms with Crippen LogP contribution >= 0.6 is 0 Å². The van der Waals surface area contributed by atoms with Crippen LogP contribution in [0.1, 0.15) is 38.5 Å². The van der Waals surface area contributed by atoms with E-state index in [1.54, 1.807) is 0 Å². The highest BCUT2D eigenvalue weighted by Gasteiger charge is 2.34. The lowest BCUT2D eigenvalue weighted by molar-refractivity contribution is -0.141. The van der Waals surface area contributed by atoms with E-state index in [1.165, 1.54) is 12.8 Å². The lowest BCUT2D eigenvalue weighted by atomic mass is 10.0. The summed E-state index contributed by atoms with van der Waals surface area (Å²) in [6.45, 7) is 1.80. The van der Waals surface area contributed by atoms with Crippen molar-refractivity contribution in [2.75, 3.05) is 20.1 Å². The van der Waals surface area contributed by atoms with Crippen molar-refractivity contribution in [3.05, 3.63) is 0 Å². The van der Waals surface area contributed by atoms with Crippen LogP contribution in [0.25, 0.3) is 0 Å². The van der Waals surface area contributed by atoms with E-state index in [9.17, 15) is 9.59 Å². The Morgan fingerprint density at radius 2 is 1.95 bits per heavy atom. The van der Waals surface area contributed by atoms with Gasteiger partial charge in [0.15, 0.2) is 0 Å². The first-order chi connectivity index (χ1) is 9.08. The fourth-order valence-corrected chi connectivity index (χ4v) is 3.21. The monoisotopic (exact) mass is 268 g/mol. The van der Waals surface area contributed by atoms with Crippen molar-refractivity contribution in [1.82, 2.24) is 10.2 Å². The Labute approximate surface area is 114 Å². The van der Waals surface area contributed by atoms with Gasteiger partial charge in [-0.05, 0) is 45.7 Å². The van der Waals surface area contributed by atoms with E-state index in [-0.39, 0.29) is 17.7 Å². The Kier molecular flexibility index (Phi) is 4.80. The second-order valence-corrected chi connectivity index (χ2v) is 5.92. The number of carbonyl (C=O) groups excluding carboxylic acids is 1. The molecule has 1 saturated heterocycles. The van der Waals surface area contributed by atoms with Gasteiger partial charge in [0.1, 0.15) is 0 Å². The van der Waals surface area contributed by atoms with Crippen LogP contribution in [0.2, 0.25) is 0 Å². The molecule has 1 saturated carbocycles. The molecule has 1 aliphatic heterocycles. The molecule has 2 N–H and O–H groups in total. The molecule has 3 atom stereocenters. The van der Waals surface area contributed by atoms with Crippen LogP contribution in [-0.2, 0) is 9.59 Å². The number of carboxylic acids is 1. The zero-order valence-electron chi connectivity index (χ0n) is 11.6. The molecule has 5 heteroatoms. The van der Waals surface area contributed by atoms with E-state index >= 15 is 0 Å². The van der Waals surface area contributed by atoms with Crippen LogP contribution < -0.4 is 5.32 Å². The maximum absolute atomic E-state index is 12.0. The van der Waals surface area contributed by atoms with Crippen molar-refractivity contribution < 1.29 is 14.7 Å². The average Bonchev–Trinajstić information content (AvgIpc) is 2.87. The molecule has 2 rings (SSSR count). The Balaban J connectivity index is 1.74. The first-order valence-electron chi connectivity index (χ1n) is 7.28. The molecule has 2 fully saturated rings. The molecule has 0 aromatic carbocycles. The molecule has 3 unspecified atom stereocenters. The van der Waals surface area contributed by atoms with Crippen LogP contribution in [0.3, 0.4) is 0 Å². The van der Waals surface area contributed by atoms with Crippen LogP contribution in [0, 0.1) is 11.8 Å². The molecule has 19 heavy (non-hydrogen) atoms. The number of nitrogens with zero attached hydrogens (tertiary/aromatic N) is 1. The summed E-state index contributed by atoms with van der Waals surface area (Å²) in [7, 11) is 2.10. The van der Waals surface area contributed by atoms with Gasteiger partial charge in [-0.2, -0.15) is 0 Å². The molecule has 0 bridgehead atoms. The van der Waals surface area contributed by atoms with E-state index in [0.717, 1.165) is 13.0 Å². The summed E-state index contributed by atoms with van der Waals surface area (Å²) in [6, 6.07) is 0.439.